The van der Waals surface area contributed by atoms with Crippen LogP contribution in [0.2, 0.25) is 0 Å². The van der Waals surface area contributed by atoms with Crippen molar-refractivity contribution >= 4 is 5.91 Å². The highest BCUT2D eigenvalue weighted by Crippen LogP contribution is 2.24. The summed E-state index contributed by atoms with van der Waals surface area (Å²) in [5.74, 6) is -0.705. The molecule has 462 valence electrons. The number of amides is 1. The molecule has 11 heteroatoms. The van der Waals surface area contributed by atoms with Crippen LogP contribution in [0.3, 0.4) is 0 Å². The van der Waals surface area contributed by atoms with E-state index >= 15 is 0 Å². The molecule has 1 saturated heterocycles. The highest BCUT2D eigenvalue weighted by Gasteiger charge is 2.44. The maximum atomic E-state index is 13.2. The minimum absolute atomic E-state index is 0.248. The van der Waals surface area contributed by atoms with Crippen LogP contribution < -0.4 is 5.32 Å². The number of rotatable bonds is 59. The lowest BCUT2D eigenvalue weighted by atomic mass is 9.98. The molecule has 1 aliphatic heterocycles. The molecule has 11 nitrogen and oxygen atoms in total. The number of aliphatic hydroxyl groups is 7. The van der Waals surface area contributed by atoms with Crippen molar-refractivity contribution in [1.82, 2.24) is 5.32 Å². The summed E-state index contributed by atoms with van der Waals surface area (Å²) in [5.41, 5.74) is 0. The Balaban J connectivity index is 2.09. The van der Waals surface area contributed by atoms with Gasteiger partial charge in [-0.2, -0.15) is 0 Å². The summed E-state index contributed by atoms with van der Waals surface area (Å²) in [4.78, 5) is 13.2. The molecule has 1 amide bonds. The molecule has 0 saturated carbocycles. The lowest BCUT2D eigenvalue weighted by Crippen LogP contribution is -2.60. The molecule has 1 aliphatic rings. The van der Waals surface area contributed by atoms with Crippen molar-refractivity contribution in [2.24, 2.45) is 0 Å². The monoisotopic (exact) mass is 1110 g/mol. The number of nitrogens with one attached hydrogen (secondary N) is 1. The van der Waals surface area contributed by atoms with E-state index in [9.17, 15) is 40.5 Å². The average molecular weight is 1110 g/mol. The normalized spacial score (nSPS) is 19.5. The number of hydrogen-bond acceptors (Lipinski definition) is 10. The van der Waals surface area contributed by atoms with Crippen LogP contribution >= 0.6 is 0 Å². The molecule has 1 heterocycles. The van der Waals surface area contributed by atoms with Crippen LogP contribution in [0, 0.1) is 0 Å². The molecule has 1 fully saturated rings. The minimum Gasteiger partial charge on any atom is -0.394 e. The number of allylic oxidation sites excluding steroid dienone is 4. The third-order valence-electron chi connectivity index (χ3n) is 16.5. The van der Waals surface area contributed by atoms with Crippen LogP contribution in [0.25, 0.3) is 0 Å². The summed E-state index contributed by atoms with van der Waals surface area (Å²) in [6, 6.07) is -1.19. The third kappa shape index (κ3) is 43.3. The standard InChI is InChI=1S/C67H129NO10/c1-3-5-7-9-11-13-15-17-18-19-20-21-22-23-24-25-26-27-28-29-30-31-32-33-34-35-36-37-38-39-40-41-43-45-47-49-51-53-55-60(71)66(76)68-58(57-77-67-65(75)64(74)63(73)61(56-69)78-67)62(72)59(70)54-52-50-48-46-44-42-16-14-12-10-8-6-4-2/h14,16,46,48,58-65,67,69-75H,3-13,15,17-45,47,49-57H2,1-2H3,(H,68,76)/b16-14+,48-46+. The Morgan fingerprint density at radius 1 is 0.436 bits per heavy atom. The van der Waals surface area contributed by atoms with Gasteiger partial charge in [-0.05, 0) is 51.4 Å². The van der Waals surface area contributed by atoms with Crippen LogP contribution in [0.15, 0.2) is 24.3 Å². The van der Waals surface area contributed by atoms with Gasteiger partial charge >= 0.3 is 0 Å². The second-order valence-electron chi connectivity index (χ2n) is 23.9. The fourth-order valence-electron chi connectivity index (χ4n) is 11.1. The molecular weight excluding hydrogens is 979 g/mol. The Kier molecular flexibility index (Phi) is 53.6. The van der Waals surface area contributed by atoms with Gasteiger partial charge in [0.25, 0.3) is 0 Å². The van der Waals surface area contributed by atoms with E-state index in [0.29, 0.717) is 19.3 Å². The summed E-state index contributed by atoms with van der Waals surface area (Å²) < 4.78 is 11.1. The predicted molar refractivity (Wildman–Crippen MR) is 326 cm³/mol. The van der Waals surface area contributed by atoms with E-state index in [1.54, 1.807) is 0 Å². The molecular formula is C67H129NO10. The lowest BCUT2D eigenvalue weighted by Gasteiger charge is -2.40. The van der Waals surface area contributed by atoms with Gasteiger partial charge in [-0.25, -0.2) is 0 Å². The largest absolute Gasteiger partial charge is 0.394 e. The van der Waals surface area contributed by atoms with E-state index in [2.05, 4.69) is 43.5 Å². The Labute approximate surface area is 480 Å². The topological polar surface area (TPSA) is 189 Å². The molecule has 0 spiro atoms. The summed E-state index contributed by atoms with van der Waals surface area (Å²) in [6.45, 7) is 3.44. The molecule has 9 atom stereocenters. The molecule has 78 heavy (non-hydrogen) atoms. The van der Waals surface area contributed by atoms with Gasteiger partial charge in [-0.15, -0.1) is 0 Å². The molecule has 0 aliphatic carbocycles. The van der Waals surface area contributed by atoms with E-state index in [4.69, 9.17) is 9.47 Å². The Bertz CT molecular complexity index is 1320. The molecule has 9 unspecified atom stereocenters. The minimum atomic E-state index is -1.67. The zero-order valence-corrected chi connectivity index (χ0v) is 50.9. The van der Waals surface area contributed by atoms with Gasteiger partial charge in [0.15, 0.2) is 6.29 Å². The van der Waals surface area contributed by atoms with Crippen molar-refractivity contribution in [2.75, 3.05) is 13.2 Å². The van der Waals surface area contributed by atoms with Crippen LogP contribution in [0.5, 0.6) is 0 Å². The second kappa shape index (κ2) is 56.1. The maximum absolute atomic E-state index is 13.2. The molecule has 0 aromatic rings. The van der Waals surface area contributed by atoms with Gasteiger partial charge in [0.05, 0.1) is 25.4 Å². The van der Waals surface area contributed by atoms with Crippen molar-refractivity contribution < 1.29 is 50.0 Å². The highest BCUT2D eigenvalue weighted by molar-refractivity contribution is 5.80. The number of carbonyl (C=O) groups excluding carboxylic acids is 1. The van der Waals surface area contributed by atoms with Crippen LogP contribution in [0.4, 0.5) is 0 Å². The summed E-state index contributed by atoms with van der Waals surface area (Å²) in [6.07, 6.45) is 58.7. The van der Waals surface area contributed by atoms with E-state index in [1.165, 1.54) is 244 Å². The first-order valence-electron chi connectivity index (χ1n) is 33.7. The van der Waals surface area contributed by atoms with Gasteiger partial charge in [0.2, 0.25) is 5.91 Å². The first-order chi connectivity index (χ1) is 38.2. The average Bonchev–Trinajstić information content (AvgIpc) is 3.45. The number of aliphatic hydroxyl groups excluding tert-OH is 7. The summed E-state index contributed by atoms with van der Waals surface area (Å²) >= 11 is 0. The van der Waals surface area contributed by atoms with Crippen molar-refractivity contribution in [3.63, 3.8) is 0 Å². The van der Waals surface area contributed by atoms with Crippen LogP contribution in [-0.4, -0.2) is 110 Å². The molecule has 0 aromatic heterocycles. The predicted octanol–water partition coefficient (Wildman–Crippen LogP) is 15.6. The number of unbranched alkanes of at least 4 members (excludes halogenated alkanes) is 43. The van der Waals surface area contributed by atoms with Gasteiger partial charge in [0.1, 0.15) is 36.6 Å². The first-order valence-corrected chi connectivity index (χ1v) is 33.7. The zero-order chi connectivity index (χ0) is 56.8. The maximum Gasteiger partial charge on any atom is 0.249 e. The summed E-state index contributed by atoms with van der Waals surface area (Å²) in [7, 11) is 0. The third-order valence-corrected chi connectivity index (χ3v) is 16.5. The Hall–Kier alpha value is -1.41. The molecule has 1 rings (SSSR count). The van der Waals surface area contributed by atoms with Crippen molar-refractivity contribution in [2.45, 2.75) is 384 Å². The van der Waals surface area contributed by atoms with Crippen LogP contribution in [0.1, 0.15) is 328 Å². The van der Waals surface area contributed by atoms with Crippen molar-refractivity contribution in [1.29, 1.82) is 0 Å². The van der Waals surface area contributed by atoms with E-state index < -0.39 is 74.2 Å². The highest BCUT2D eigenvalue weighted by atomic mass is 16.7. The SMILES string of the molecule is CCCCCC/C=C/CC/C=C/CCCC(O)C(O)C(COC1OC(CO)C(O)C(O)C1O)NC(=O)C(O)CCCCCCCCCCCCCCCCCCCCCCCCCCCCCCCCCCCCCCCC. The summed E-state index contributed by atoms with van der Waals surface area (Å²) in [5, 5.41) is 76.1. The number of carbonyl (C=O) groups is 1. The molecule has 0 aromatic carbocycles. The van der Waals surface area contributed by atoms with E-state index in [1.807, 2.05) is 0 Å². The van der Waals surface area contributed by atoms with Gasteiger partial charge < -0.3 is 50.5 Å². The first kappa shape index (κ1) is 74.6. The van der Waals surface area contributed by atoms with Crippen molar-refractivity contribution in [3.05, 3.63) is 24.3 Å². The van der Waals surface area contributed by atoms with E-state index in [0.717, 1.165) is 38.5 Å². The smallest absolute Gasteiger partial charge is 0.249 e. The quantitative estimate of drug-likeness (QED) is 0.0215. The van der Waals surface area contributed by atoms with Crippen LogP contribution in [-0.2, 0) is 14.3 Å². The molecule has 0 radical (unpaired) electrons. The molecule has 0 bridgehead atoms. The Morgan fingerprint density at radius 2 is 0.769 bits per heavy atom. The van der Waals surface area contributed by atoms with Crippen molar-refractivity contribution in [3.8, 4) is 0 Å². The van der Waals surface area contributed by atoms with Gasteiger partial charge in [-0.1, -0.05) is 301 Å². The lowest BCUT2D eigenvalue weighted by molar-refractivity contribution is -0.303. The Morgan fingerprint density at radius 3 is 1.14 bits per heavy atom. The fourth-order valence-corrected chi connectivity index (χ4v) is 11.1. The van der Waals surface area contributed by atoms with Gasteiger partial charge in [0, 0.05) is 0 Å². The fraction of sp³-hybridized carbons (Fsp3) is 0.925. The molecule has 8 N–H and O–H groups in total. The second-order valence-corrected chi connectivity index (χ2v) is 23.9. The van der Waals surface area contributed by atoms with Gasteiger partial charge in [-0.3, -0.25) is 4.79 Å². The zero-order valence-electron chi connectivity index (χ0n) is 50.9. The number of hydrogen-bond donors (Lipinski definition) is 8. The number of ether oxygens (including phenoxy) is 2. The van der Waals surface area contributed by atoms with E-state index in [-0.39, 0.29) is 12.8 Å².